The Kier molecular flexibility index (Phi) is 3.76. The molecular formula is C14H18N6O2. The molecule has 3 N–H and O–H groups in total. The molecule has 2 aromatic rings. The summed E-state index contributed by atoms with van der Waals surface area (Å²) in [5, 5.41) is 6.68. The first-order valence-electron chi connectivity index (χ1n) is 7.06. The Labute approximate surface area is 127 Å². The lowest BCUT2D eigenvalue weighted by molar-refractivity contribution is -0.0248. The van der Waals surface area contributed by atoms with Crippen LogP contribution in [0.4, 0.5) is 5.82 Å². The van der Waals surface area contributed by atoms with Crippen molar-refractivity contribution in [3.8, 4) is 0 Å². The van der Waals surface area contributed by atoms with E-state index in [1.54, 1.807) is 24.1 Å². The summed E-state index contributed by atoms with van der Waals surface area (Å²) in [6.45, 7) is 5.03. The Morgan fingerprint density at radius 3 is 2.95 bits per heavy atom. The molecule has 0 aliphatic carbocycles. The number of carbonyl (C=O) groups is 1. The second-order valence-electron chi connectivity index (χ2n) is 5.28. The number of rotatable bonds is 2. The first-order chi connectivity index (χ1) is 10.5. The Hall–Kier alpha value is -2.48. The molecule has 1 aliphatic rings. The van der Waals surface area contributed by atoms with E-state index in [1.165, 1.54) is 0 Å². The van der Waals surface area contributed by atoms with Crippen LogP contribution >= 0.6 is 0 Å². The van der Waals surface area contributed by atoms with Gasteiger partial charge in [0.15, 0.2) is 0 Å². The quantitative estimate of drug-likeness (QED) is 0.841. The van der Waals surface area contributed by atoms with Gasteiger partial charge in [-0.3, -0.25) is 9.89 Å². The topological polar surface area (TPSA) is 110 Å². The standard InChI is InChI=1S/C14H18N6O2/c1-8-10(6-16-19-8)14(21)20-3-4-22-12(7-20)11-5-13(15)18-9(2)17-11/h5-6,12H,3-4,7H2,1-2H3,(H,16,19)(H2,15,17,18)/t12-/m0/s1. The summed E-state index contributed by atoms with van der Waals surface area (Å²) in [7, 11) is 0. The van der Waals surface area contributed by atoms with Crippen LogP contribution in [0.5, 0.6) is 0 Å². The second-order valence-corrected chi connectivity index (χ2v) is 5.28. The summed E-state index contributed by atoms with van der Waals surface area (Å²) < 4.78 is 5.74. The van der Waals surface area contributed by atoms with Gasteiger partial charge in [0, 0.05) is 18.3 Å². The number of hydrogen-bond donors (Lipinski definition) is 2. The van der Waals surface area contributed by atoms with Crippen LogP contribution in [0.1, 0.15) is 33.7 Å². The molecule has 3 rings (SSSR count). The van der Waals surface area contributed by atoms with Crippen LogP contribution in [-0.2, 0) is 4.74 Å². The van der Waals surface area contributed by atoms with Crippen molar-refractivity contribution < 1.29 is 9.53 Å². The number of aryl methyl sites for hydroxylation is 2. The van der Waals surface area contributed by atoms with Crippen molar-refractivity contribution in [3.05, 3.63) is 35.0 Å². The van der Waals surface area contributed by atoms with Gasteiger partial charge < -0.3 is 15.4 Å². The number of nitrogens with one attached hydrogen (secondary N) is 1. The van der Waals surface area contributed by atoms with Crippen LogP contribution in [0.3, 0.4) is 0 Å². The predicted octanol–water partition coefficient (Wildman–Crippen LogP) is 0.612. The van der Waals surface area contributed by atoms with E-state index >= 15 is 0 Å². The molecule has 1 atom stereocenters. The highest BCUT2D eigenvalue weighted by atomic mass is 16.5. The zero-order valence-corrected chi connectivity index (χ0v) is 12.5. The van der Waals surface area contributed by atoms with E-state index in [0.717, 1.165) is 5.69 Å². The van der Waals surface area contributed by atoms with Gasteiger partial charge in [0.25, 0.3) is 5.91 Å². The highest BCUT2D eigenvalue weighted by molar-refractivity contribution is 5.95. The molecular weight excluding hydrogens is 284 g/mol. The molecule has 1 fully saturated rings. The number of ether oxygens (including phenoxy) is 1. The zero-order chi connectivity index (χ0) is 15.7. The number of anilines is 1. The molecule has 22 heavy (non-hydrogen) atoms. The van der Waals surface area contributed by atoms with Crippen molar-refractivity contribution in [2.75, 3.05) is 25.4 Å². The van der Waals surface area contributed by atoms with Crippen LogP contribution in [0, 0.1) is 13.8 Å². The van der Waals surface area contributed by atoms with Crippen LogP contribution in [0.25, 0.3) is 0 Å². The molecule has 3 heterocycles. The van der Waals surface area contributed by atoms with Gasteiger partial charge >= 0.3 is 0 Å². The minimum absolute atomic E-state index is 0.0571. The smallest absolute Gasteiger partial charge is 0.257 e. The number of morpholine rings is 1. The molecule has 8 heteroatoms. The van der Waals surface area contributed by atoms with Gasteiger partial charge in [-0.2, -0.15) is 5.10 Å². The number of aromatic nitrogens is 4. The largest absolute Gasteiger partial charge is 0.384 e. The minimum Gasteiger partial charge on any atom is -0.384 e. The van der Waals surface area contributed by atoms with Crippen molar-refractivity contribution in [1.29, 1.82) is 0 Å². The number of aromatic amines is 1. The van der Waals surface area contributed by atoms with Crippen molar-refractivity contribution in [3.63, 3.8) is 0 Å². The van der Waals surface area contributed by atoms with Gasteiger partial charge in [-0.15, -0.1) is 0 Å². The Bertz CT molecular complexity index is 678. The third-order valence-electron chi connectivity index (χ3n) is 3.62. The van der Waals surface area contributed by atoms with E-state index in [0.29, 0.717) is 42.6 Å². The average Bonchev–Trinajstić information content (AvgIpc) is 2.92. The SMILES string of the molecule is Cc1nc(N)cc([C@@H]2CN(C(=O)c3cn[nH]c3C)CCO2)n1. The van der Waals surface area contributed by atoms with Gasteiger partial charge in [0.1, 0.15) is 17.7 Å². The Morgan fingerprint density at radius 1 is 1.45 bits per heavy atom. The number of nitrogen functional groups attached to an aromatic ring is 1. The van der Waals surface area contributed by atoms with Crippen molar-refractivity contribution >= 4 is 11.7 Å². The molecule has 1 saturated heterocycles. The van der Waals surface area contributed by atoms with Gasteiger partial charge in [0.05, 0.1) is 30.6 Å². The molecule has 0 unspecified atom stereocenters. The van der Waals surface area contributed by atoms with E-state index in [1.807, 2.05) is 6.92 Å². The second kappa shape index (κ2) is 5.72. The predicted molar refractivity (Wildman–Crippen MR) is 79.1 cm³/mol. The maximum absolute atomic E-state index is 12.5. The number of H-pyrrole nitrogens is 1. The molecule has 116 valence electrons. The van der Waals surface area contributed by atoms with Crippen LogP contribution in [-0.4, -0.2) is 50.7 Å². The van der Waals surface area contributed by atoms with Crippen molar-refractivity contribution in [2.24, 2.45) is 0 Å². The lowest BCUT2D eigenvalue weighted by atomic mass is 10.1. The lowest BCUT2D eigenvalue weighted by Crippen LogP contribution is -2.42. The van der Waals surface area contributed by atoms with Crippen LogP contribution < -0.4 is 5.73 Å². The average molecular weight is 302 g/mol. The third kappa shape index (κ3) is 2.77. The minimum atomic E-state index is -0.297. The molecule has 0 spiro atoms. The van der Waals surface area contributed by atoms with Crippen molar-refractivity contribution in [2.45, 2.75) is 20.0 Å². The van der Waals surface area contributed by atoms with Crippen LogP contribution in [0.2, 0.25) is 0 Å². The molecule has 0 aromatic carbocycles. The highest BCUT2D eigenvalue weighted by Crippen LogP contribution is 2.23. The number of carbonyl (C=O) groups excluding carboxylic acids is 1. The van der Waals surface area contributed by atoms with Gasteiger partial charge in [-0.25, -0.2) is 9.97 Å². The summed E-state index contributed by atoms with van der Waals surface area (Å²) in [6.07, 6.45) is 1.25. The number of nitrogens with zero attached hydrogens (tertiary/aromatic N) is 4. The fraction of sp³-hybridized carbons (Fsp3) is 0.429. The first-order valence-corrected chi connectivity index (χ1v) is 7.06. The van der Waals surface area contributed by atoms with E-state index < -0.39 is 0 Å². The van der Waals surface area contributed by atoms with E-state index in [4.69, 9.17) is 10.5 Å². The summed E-state index contributed by atoms with van der Waals surface area (Å²) >= 11 is 0. The van der Waals surface area contributed by atoms with Gasteiger partial charge in [-0.1, -0.05) is 0 Å². The fourth-order valence-corrected chi connectivity index (χ4v) is 2.53. The normalized spacial score (nSPS) is 18.5. The molecule has 0 saturated carbocycles. The molecule has 2 aromatic heterocycles. The fourth-order valence-electron chi connectivity index (χ4n) is 2.53. The van der Waals surface area contributed by atoms with Crippen molar-refractivity contribution in [1.82, 2.24) is 25.1 Å². The van der Waals surface area contributed by atoms with E-state index in [2.05, 4.69) is 20.2 Å². The Balaban J connectivity index is 1.79. The summed E-state index contributed by atoms with van der Waals surface area (Å²) in [5.74, 6) is 0.936. The van der Waals surface area contributed by atoms with E-state index in [-0.39, 0.29) is 12.0 Å². The maximum Gasteiger partial charge on any atom is 0.257 e. The number of hydrogen-bond acceptors (Lipinski definition) is 6. The molecule has 8 nitrogen and oxygen atoms in total. The van der Waals surface area contributed by atoms with Gasteiger partial charge in [-0.05, 0) is 13.8 Å². The van der Waals surface area contributed by atoms with E-state index in [9.17, 15) is 4.79 Å². The number of amides is 1. The molecule has 1 aliphatic heterocycles. The maximum atomic E-state index is 12.5. The third-order valence-corrected chi connectivity index (χ3v) is 3.62. The van der Waals surface area contributed by atoms with Crippen LogP contribution in [0.15, 0.2) is 12.3 Å². The Morgan fingerprint density at radius 2 is 2.27 bits per heavy atom. The summed E-state index contributed by atoms with van der Waals surface area (Å²) in [6, 6.07) is 1.69. The monoisotopic (exact) mass is 302 g/mol. The first kappa shape index (κ1) is 14.5. The molecule has 0 bridgehead atoms. The molecule has 1 amide bonds. The summed E-state index contributed by atoms with van der Waals surface area (Å²) in [5.41, 5.74) is 7.80. The lowest BCUT2D eigenvalue weighted by Gasteiger charge is -2.32. The summed E-state index contributed by atoms with van der Waals surface area (Å²) in [4.78, 5) is 22.7. The zero-order valence-electron chi connectivity index (χ0n) is 12.5. The number of nitrogens with two attached hydrogens (primary N) is 1. The molecule has 0 radical (unpaired) electrons. The highest BCUT2D eigenvalue weighted by Gasteiger charge is 2.28. The van der Waals surface area contributed by atoms with Gasteiger partial charge in [0.2, 0.25) is 0 Å².